The summed E-state index contributed by atoms with van der Waals surface area (Å²) in [7, 11) is 5.68. The van der Waals surface area contributed by atoms with Gasteiger partial charge in [0.15, 0.2) is 0 Å². The number of halogens is 1. The molecule has 4 nitrogen and oxygen atoms in total. The zero-order valence-corrected chi connectivity index (χ0v) is 13.4. The van der Waals surface area contributed by atoms with E-state index in [9.17, 15) is 0 Å². The molecule has 0 bridgehead atoms. The highest BCUT2D eigenvalue weighted by atomic mass is 79.9. The van der Waals surface area contributed by atoms with Crippen LogP contribution in [0.1, 0.15) is 5.69 Å². The van der Waals surface area contributed by atoms with Gasteiger partial charge in [-0.3, -0.25) is 0 Å². The summed E-state index contributed by atoms with van der Waals surface area (Å²) in [6, 6.07) is 11.9. The van der Waals surface area contributed by atoms with Crippen molar-refractivity contribution in [1.29, 1.82) is 0 Å². The predicted octanol–water partition coefficient (Wildman–Crippen LogP) is 3.53. The van der Waals surface area contributed by atoms with Crippen molar-refractivity contribution in [2.24, 2.45) is 0 Å². The average Bonchev–Trinajstić information content (AvgIpc) is 2.45. The summed E-state index contributed by atoms with van der Waals surface area (Å²) in [4.78, 5) is 6.47. The van der Waals surface area contributed by atoms with E-state index in [2.05, 4.69) is 43.3 Å². The highest BCUT2D eigenvalue weighted by molar-refractivity contribution is 9.10. The van der Waals surface area contributed by atoms with E-state index in [0.29, 0.717) is 12.4 Å². The van der Waals surface area contributed by atoms with Crippen molar-refractivity contribution in [3.63, 3.8) is 0 Å². The van der Waals surface area contributed by atoms with Crippen LogP contribution in [0.4, 0.5) is 11.4 Å². The number of ether oxygens (including phenoxy) is 1. The minimum atomic E-state index is 0.631. The first kappa shape index (κ1) is 14.7. The second kappa shape index (κ2) is 6.61. The van der Waals surface area contributed by atoms with E-state index >= 15 is 0 Å². The van der Waals surface area contributed by atoms with Gasteiger partial charge >= 0.3 is 0 Å². The topological polar surface area (TPSA) is 37.4 Å². The Morgan fingerprint density at radius 3 is 2.75 bits per heavy atom. The number of methoxy groups -OCH3 is 1. The number of nitrogens with zero attached hydrogens (tertiary/aromatic N) is 2. The first-order valence-electron chi connectivity index (χ1n) is 6.31. The van der Waals surface area contributed by atoms with Crippen LogP contribution in [-0.4, -0.2) is 26.2 Å². The van der Waals surface area contributed by atoms with Crippen molar-refractivity contribution in [2.45, 2.75) is 6.54 Å². The molecule has 0 aliphatic rings. The molecule has 0 aliphatic carbocycles. The van der Waals surface area contributed by atoms with E-state index in [1.54, 1.807) is 7.11 Å². The maximum absolute atomic E-state index is 5.13. The van der Waals surface area contributed by atoms with Gasteiger partial charge in [0.25, 0.3) is 0 Å². The Bertz CT molecular complexity index is 587. The van der Waals surface area contributed by atoms with Crippen LogP contribution in [0, 0.1) is 0 Å². The fourth-order valence-electron chi connectivity index (χ4n) is 1.90. The summed E-state index contributed by atoms with van der Waals surface area (Å²) >= 11 is 3.50. The molecule has 20 heavy (non-hydrogen) atoms. The second-order valence-electron chi connectivity index (χ2n) is 4.58. The maximum atomic E-state index is 5.13. The van der Waals surface area contributed by atoms with E-state index in [4.69, 9.17) is 4.74 Å². The first-order chi connectivity index (χ1) is 9.60. The Kier molecular flexibility index (Phi) is 4.84. The van der Waals surface area contributed by atoms with Crippen molar-refractivity contribution in [3.8, 4) is 5.88 Å². The van der Waals surface area contributed by atoms with Gasteiger partial charge in [0, 0.05) is 24.6 Å². The largest absolute Gasteiger partial charge is 0.481 e. The lowest BCUT2D eigenvalue weighted by Crippen LogP contribution is -2.12. The molecule has 0 unspecified atom stereocenters. The minimum absolute atomic E-state index is 0.631. The summed E-state index contributed by atoms with van der Waals surface area (Å²) < 4.78 is 6.18. The molecule has 106 valence electrons. The standard InChI is InChI=1S/C15H18BrN3O/c1-19(2)14-8-7-11(16)9-13(14)17-10-12-5-4-6-15(18-12)20-3/h4-9,17H,10H2,1-3H3. The predicted molar refractivity (Wildman–Crippen MR) is 86.6 cm³/mol. The Balaban J connectivity index is 2.15. The smallest absolute Gasteiger partial charge is 0.213 e. The zero-order chi connectivity index (χ0) is 14.5. The highest BCUT2D eigenvalue weighted by Crippen LogP contribution is 2.28. The lowest BCUT2D eigenvalue weighted by molar-refractivity contribution is 0.396. The Morgan fingerprint density at radius 2 is 2.05 bits per heavy atom. The molecular weight excluding hydrogens is 318 g/mol. The molecule has 0 aliphatic heterocycles. The van der Waals surface area contributed by atoms with Crippen molar-refractivity contribution < 1.29 is 4.74 Å². The molecule has 0 amide bonds. The van der Waals surface area contributed by atoms with Gasteiger partial charge in [0.05, 0.1) is 30.7 Å². The zero-order valence-electron chi connectivity index (χ0n) is 11.9. The molecular formula is C15H18BrN3O. The van der Waals surface area contributed by atoms with Crippen molar-refractivity contribution in [1.82, 2.24) is 4.98 Å². The van der Waals surface area contributed by atoms with Crippen LogP contribution in [0.3, 0.4) is 0 Å². The third kappa shape index (κ3) is 3.63. The Hall–Kier alpha value is -1.75. The van der Waals surface area contributed by atoms with E-state index in [-0.39, 0.29) is 0 Å². The quantitative estimate of drug-likeness (QED) is 0.906. The molecule has 2 aromatic rings. The van der Waals surface area contributed by atoms with Crippen LogP contribution < -0.4 is 15.0 Å². The molecule has 0 spiro atoms. The second-order valence-corrected chi connectivity index (χ2v) is 5.50. The average molecular weight is 336 g/mol. The van der Waals surface area contributed by atoms with Gasteiger partial charge < -0.3 is 15.0 Å². The lowest BCUT2D eigenvalue weighted by atomic mass is 10.2. The van der Waals surface area contributed by atoms with Gasteiger partial charge in [-0.05, 0) is 24.3 Å². The minimum Gasteiger partial charge on any atom is -0.481 e. The van der Waals surface area contributed by atoms with Crippen LogP contribution in [0.25, 0.3) is 0 Å². The fourth-order valence-corrected chi connectivity index (χ4v) is 2.26. The molecule has 1 aromatic carbocycles. The van der Waals surface area contributed by atoms with Crippen LogP contribution >= 0.6 is 15.9 Å². The lowest BCUT2D eigenvalue weighted by Gasteiger charge is -2.18. The van der Waals surface area contributed by atoms with Crippen LogP contribution in [0.5, 0.6) is 5.88 Å². The monoisotopic (exact) mass is 335 g/mol. The van der Waals surface area contributed by atoms with Gasteiger partial charge in [0.2, 0.25) is 5.88 Å². The van der Waals surface area contributed by atoms with Gasteiger partial charge in [-0.2, -0.15) is 0 Å². The molecule has 0 fully saturated rings. The molecule has 2 rings (SSSR count). The van der Waals surface area contributed by atoms with Crippen LogP contribution in [0.15, 0.2) is 40.9 Å². The van der Waals surface area contributed by atoms with Gasteiger partial charge in [0.1, 0.15) is 0 Å². The van der Waals surface area contributed by atoms with E-state index < -0.39 is 0 Å². The molecule has 1 N–H and O–H groups in total. The van der Waals surface area contributed by atoms with Gasteiger partial charge in [-0.25, -0.2) is 4.98 Å². The van der Waals surface area contributed by atoms with E-state index in [0.717, 1.165) is 21.5 Å². The Labute approximate surface area is 127 Å². The molecule has 0 saturated carbocycles. The number of benzene rings is 1. The van der Waals surface area contributed by atoms with Crippen molar-refractivity contribution in [3.05, 3.63) is 46.6 Å². The Morgan fingerprint density at radius 1 is 1.25 bits per heavy atom. The van der Waals surface area contributed by atoms with Crippen LogP contribution in [0.2, 0.25) is 0 Å². The van der Waals surface area contributed by atoms with E-state index in [1.165, 1.54) is 0 Å². The molecule has 5 heteroatoms. The van der Waals surface area contributed by atoms with Crippen LogP contribution in [-0.2, 0) is 6.54 Å². The molecule has 0 atom stereocenters. The molecule has 0 radical (unpaired) electrons. The first-order valence-corrected chi connectivity index (χ1v) is 7.10. The number of hydrogen-bond donors (Lipinski definition) is 1. The summed E-state index contributed by atoms with van der Waals surface area (Å²) in [6.45, 7) is 0.647. The van der Waals surface area contributed by atoms with Crippen molar-refractivity contribution >= 4 is 27.3 Å². The highest BCUT2D eigenvalue weighted by Gasteiger charge is 2.06. The molecule has 0 saturated heterocycles. The number of aromatic nitrogens is 1. The number of hydrogen-bond acceptors (Lipinski definition) is 4. The summed E-state index contributed by atoms with van der Waals surface area (Å²) in [5.74, 6) is 0.631. The summed E-state index contributed by atoms with van der Waals surface area (Å²) in [6.07, 6.45) is 0. The van der Waals surface area contributed by atoms with Gasteiger partial charge in [-0.1, -0.05) is 22.0 Å². The maximum Gasteiger partial charge on any atom is 0.213 e. The third-order valence-electron chi connectivity index (χ3n) is 2.89. The number of rotatable bonds is 5. The van der Waals surface area contributed by atoms with E-state index in [1.807, 2.05) is 38.4 Å². The molecule has 1 aromatic heterocycles. The summed E-state index contributed by atoms with van der Waals surface area (Å²) in [5.41, 5.74) is 3.14. The number of nitrogens with one attached hydrogen (secondary N) is 1. The fraction of sp³-hybridized carbons (Fsp3) is 0.267. The SMILES string of the molecule is COc1cccc(CNc2cc(Br)ccc2N(C)C)n1. The van der Waals surface area contributed by atoms with Crippen molar-refractivity contribution in [2.75, 3.05) is 31.4 Å². The third-order valence-corrected chi connectivity index (χ3v) is 3.38. The molecule has 1 heterocycles. The number of anilines is 2. The summed E-state index contributed by atoms with van der Waals surface area (Å²) in [5, 5.41) is 3.41. The van der Waals surface area contributed by atoms with Gasteiger partial charge in [-0.15, -0.1) is 0 Å². The normalized spacial score (nSPS) is 10.2. The number of pyridine rings is 1.